The monoisotopic (exact) mass is 348 g/mol. The molecule has 0 aromatic heterocycles. The zero-order valence-electron chi connectivity index (χ0n) is 14.3. The predicted molar refractivity (Wildman–Crippen MR) is 99.3 cm³/mol. The number of hydrogen-bond donors (Lipinski definition) is 1. The molecule has 0 aliphatic carbocycles. The van der Waals surface area contributed by atoms with Gasteiger partial charge in [0.15, 0.2) is 0 Å². The second-order valence-corrected chi connectivity index (χ2v) is 5.89. The van der Waals surface area contributed by atoms with Gasteiger partial charge in [-0.1, -0.05) is 66.7 Å². The Morgan fingerprint density at radius 2 is 1.35 bits per heavy atom. The van der Waals surface area contributed by atoms with Crippen LogP contribution in [0.5, 0.6) is 11.5 Å². The van der Waals surface area contributed by atoms with Crippen LogP contribution in [0.15, 0.2) is 78.9 Å². The van der Waals surface area contributed by atoms with Crippen molar-refractivity contribution in [1.29, 1.82) is 0 Å². The lowest BCUT2D eigenvalue weighted by atomic mass is 10.1. The molecule has 0 unspecified atom stereocenters. The van der Waals surface area contributed by atoms with Crippen LogP contribution < -0.4 is 9.47 Å². The van der Waals surface area contributed by atoms with Gasteiger partial charge < -0.3 is 14.6 Å². The van der Waals surface area contributed by atoms with E-state index < -0.39 is 5.97 Å². The molecule has 0 bridgehead atoms. The van der Waals surface area contributed by atoms with Gasteiger partial charge in [0, 0.05) is 11.6 Å². The Balaban J connectivity index is 1.73. The highest BCUT2D eigenvalue weighted by Crippen LogP contribution is 2.27. The van der Waals surface area contributed by atoms with Gasteiger partial charge in [-0.2, -0.15) is 0 Å². The summed E-state index contributed by atoms with van der Waals surface area (Å²) in [6.07, 6.45) is -0.0942. The van der Waals surface area contributed by atoms with E-state index in [1.807, 2.05) is 60.7 Å². The molecule has 3 aromatic carbocycles. The summed E-state index contributed by atoms with van der Waals surface area (Å²) in [6.45, 7) is 0.812. The number of aliphatic carboxylic acids is 1. The third-order valence-corrected chi connectivity index (χ3v) is 3.87. The lowest BCUT2D eigenvalue weighted by Gasteiger charge is -2.13. The first kappa shape index (κ1) is 17.5. The van der Waals surface area contributed by atoms with Gasteiger partial charge in [0.1, 0.15) is 24.7 Å². The third kappa shape index (κ3) is 5.11. The van der Waals surface area contributed by atoms with E-state index in [1.165, 1.54) is 0 Å². The van der Waals surface area contributed by atoms with Crippen molar-refractivity contribution >= 4 is 5.97 Å². The molecule has 0 saturated heterocycles. The maximum absolute atomic E-state index is 11.1. The molecule has 132 valence electrons. The number of carboxylic acid groups (broad SMARTS) is 1. The SMILES string of the molecule is O=C(O)Cc1ccc(OCc2ccccc2)cc1OCc1ccccc1. The van der Waals surface area contributed by atoms with Gasteiger partial charge in [0.2, 0.25) is 0 Å². The Bertz CT molecular complexity index is 845. The fraction of sp³-hybridized carbons (Fsp3) is 0.136. The molecule has 0 radical (unpaired) electrons. The summed E-state index contributed by atoms with van der Waals surface area (Å²) >= 11 is 0. The molecule has 0 atom stereocenters. The molecular weight excluding hydrogens is 328 g/mol. The summed E-state index contributed by atoms with van der Waals surface area (Å²) in [5.41, 5.74) is 2.71. The topological polar surface area (TPSA) is 55.8 Å². The lowest BCUT2D eigenvalue weighted by Crippen LogP contribution is -2.05. The fourth-order valence-electron chi connectivity index (χ4n) is 2.54. The number of benzene rings is 3. The van der Waals surface area contributed by atoms with Crippen LogP contribution in [0.3, 0.4) is 0 Å². The number of carboxylic acids is 1. The zero-order chi connectivity index (χ0) is 18.2. The van der Waals surface area contributed by atoms with Crippen molar-refractivity contribution in [2.75, 3.05) is 0 Å². The van der Waals surface area contributed by atoms with Gasteiger partial charge >= 0.3 is 5.97 Å². The highest BCUT2D eigenvalue weighted by atomic mass is 16.5. The summed E-state index contributed by atoms with van der Waals surface area (Å²) in [6, 6.07) is 24.9. The number of ether oxygens (including phenoxy) is 2. The minimum Gasteiger partial charge on any atom is -0.489 e. The van der Waals surface area contributed by atoms with Crippen LogP contribution in [0.25, 0.3) is 0 Å². The van der Waals surface area contributed by atoms with Gasteiger partial charge in [-0.15, -0.1) is 0 Å². The second-order valence-electron chi connectivity index (χ2n) is 5.89. The van der Waals surface area contributed by atoms with Crippen molar-refractivity contribution in [2.24, 2.45) is 0 Å². The van der Waals surface area contributed by atoms with Gasteiger partial charge in [0.05, 0.1) is 6.42 Å². The van der Waals surface area contributed by atoms with Crippen LogP contribution >= 0.6 is 0 Å². The molecule has 26 heavy (non-hydrogen) atoms. The van der Waals surface area contributed by atoms with E-state index in [-0.39, 0.29) is 6.42 Å². The molecule has 4 nitrogen and oxygen atoms in total. The average molecular weight is 348 g/mol. The van der Waals surface area contributed by atoms with Crippen LogP contribution in [0.2, 0.25) is 0 Å². The summed E-state index contributed by atoms with van der Waals surface area (Å²) in [7, 11) is 0. The Morgan fingerprint density at radius 3 is 1.92 bits per heavy atom. The summed E-state index contributed by atoms with van der Waals surface area (Å²) in [4.78, 5) is 11.1. The Kier molecular flexibility index (Phi) is 5.88. The van der Waals surface area contributed by atoms with Crippen molar-refractivity contribution in [3.8, 4) is 11.5 Å². The fourth-order valence-corrected chi connectivity index (χ4v) is 2.54. The molecule has 0 heterocycles. The normalized spacial score (nSPS) is 10.3. The molecule has 0 spiro atoms. The average Bonchev–Trinajstić information content (AvgIpc) is 2.67. The van der Waals surface area contributed by atoms with Crippen molar-refractivity contribution in [3.63, 3.8) is 0 Å². The van der Waals surface area contributed by atoms with Crippen molar-refractivity contribution in [3.05, 3.63) is 95.6 Å². The van der Waals surface area contributed by atoms with E-state index in [9.17, 15) is 4.79 Å². The number of carbonyl (C=O) groups is 1. The Labute approximate surface area is 152 Å². The maximum Gasteiger partial charge on any atom is 0.307 e. The Hall–Kier alpha value is -3.27. The molecule has 0 saturated carbocycles. The number of rotatable bonds is 8. The predicted octanol–water partition coefficient (Wildman–Crippen LogP) is 4.47. The highest BCUT2D eigenvalue weighted by molar-refractivity contribution is 5.71. The van der Waals surface area contributed by atoms with Crippen molar-refractivity contribution < 1.29 is 19.4 Å². The molecule has 3 rings (SSSR count). The van der Waals surface area contributed by atoms with E-state index >= 15 is 0 Å². The quantitative estimate of drug-likeness (QED) is 0.652. The maximum atomic E-state index is 11.1. The van der Waals surface area contributed by atoms with Crippen LogP contribution in [0.4, 0.5) is 0 Å². The molecular formula is C22H20O4. The van der Waals surface area contributed by atoms with E-state index in [4.69, 9.17) is 14.6 Å². The van der Waals surface area contributed by atoms with E-state index in [1.54, 1.807) is 18.2 Å². The Morgan fingerprint density at radius 1 is 0.769 bits per heavy atom. The smallest absolute Gasteiger partial charge is 0.307 e. The van der Waals surface area contributed by atoms with E-state index in [2.05, 4.69) is 0 Å². The first-order valence-electron chi connectivity index (χ1n) is 8.39. The van der Waals surface area contributed by atoms with E-state index in [0.717, 1.165) is 11.1 Å². The number of hydrogen-bond acceptors (Lipinski definition) is 3. The second kappa shape index (κ2) is 8.72. The first-order valence-corrected chi connectivity index (χ1v) is 8.39. The largest absolute Gasteiger partial charge is 0.489 e. The summed E-state index contributed by atoms with van der Waals surface area (Å²) in [5, 5.41) is 9.11. The molecule has 0 aliphatic heterocycles. The van der Waals surface area contributed by atoms with Gasteiger partial charge in [-0.05, 0) is 17.2 Å². The van der Waals surface area contributed by atoms with E-state index in [0.29, 0.717) is 30.3 Å². The molecule has 0 fully saturated rings. The van der Waals surface area contributed by atoms with Crippen LogP contribution in [0.1, 0.15) is 16.7 Å². The molecule has 0 amide bonds. The van der Waals surface area contributed by atoms with Crippen LogP contribution in [-0.2, 0) is 24.4 Å². The van der Waals surface area contributed by atoms with Crippen molar-refractivity contribution in [2.45, 2.75) is 19.6 Å². The van der Waals surface area contributed by atoms with Crippen molar-refractivity contribution in [1.82, 2.24) is 0 Å². The van der Waals surface area contributed by atoms with Gasteiger partial charge in [-0.25, -0.2) is 0 Å². The molecule has 4 heteroatoms. The zero-order valence-corrected chi connectivity index (χ0v) is 14.3. The summed E-state index contributed by atoms with van der Waals surface area (Å²) < 4.78 is 11.7. The third-order valence-electron chi connectivity index (χ3n) is 3.87. The van der Waals surface area contributed by atoms with Gasteiger partial charge in [-0.3, -0.25) is 4.79 Å². The van der Waals surface area contributed by atoms with Crippen LogP contribution in [-0.4, -0.2) is 11.1 Å². The van der Waals surface area contributed by atoms with Crippen LogP contribution in [0, 0.1) is 0 Å². The molecule has 3 aromatic rings. The minimum absolute atomic E-state index is 0.0942. The summed E-state index contributed by atoms with van der Waals surface area (Å²) in [5.74, 6) is 0.278. The standard InChI is InChI=1S/C22H20O4/c23-22(24)13-19-11-12-20(25-15-17-7-3-1-4-8-17)14-21(19)26-16-18-9-5-2-6-10-18/h1-12,14H,13,15-16H2,(H,23,24). The first-order chi connectivity index (χ1) is 12.7. The minimum atomic E-state index is -0.896. The molecule has 0 aliphatic rings. The highest BCUT2D eigenvalue weighted by Gasteiger charge is 2.10. The molecule has 1 N–H and O–H groups in total. The lowest BCUT2D eigenvalue weighted by molar-refractivity contribution is -0.136. The van der Waals surface area contributed by atoms with Gasteiger partial charge in [0.25, 0.3) is 0 Å².